The molecular weight excluding hydrogens is 442 g/mol. The maximum Gasteiger partial charge on any atom is 0.0731 e. The van der Waals surface area contributed by atoms with Gasteiger partial charge in [-0.05, 0) is 59.2 Å². The van der Waals surface area contributed by atoms with Crippen LogP contribution in [-0.2, 0) is 0 Å². The van der Waals surface area contributed by atoms with Crippen molar-refractivity contribution < 1.29 is 0 Å². The Balaban J connectivity index is 2.45. The van der Waals surface area contributed by atoms with Gasteiger partial charge in [0.15, 0.2) is 0 Å². The molecule has 0 amide bonds. The molecule has 0 aliphatic carbocycles. The zero-order valence-corrected chi connectivity index (χ0v) is 15.5. The Morgan fingerprint density at radius 3 is 2.39 bits per heavy atom. The Bertz CT molecular complexity index is 546. The summed E-state index contributed by atoms with van der Waals surface area (Å²) in [6.45, 7) is 2.12. The molecule has 0 saturated carbocycles. The molecule has 5 heteroatoms. The second-order valence-electron chi connectivity index (χ2n) is 3.99. The van der Waals surface area contributed by atoms with Gasteiger partial charge in [-0.25, -0.2) is 0 Å². The van der Waals surface area contributed by atoms with Gasteiger partial charge in [-0.2, -0.15) is 0 Å². The van der Waals surface area contributed by atoms with Crippen LogP contribution in [0.15, 0.2) is 37.0 Å². The molecule has 1 unspecified atom stereocenters. The van der Waals surface area contributed by atoms with Crippen molar-refractivity contribution in [3.63, 3.8) is 0 Å². The summed E-state index contributed by atoms with van der Waals surface area (Å²) in [5, 5.41) is 3.38. The second-order valence-corrected chi connectivity index (χ2v) is 8.16. The molecular formula is C13H12Br3NS. The Kier molecular flexibility index (Phi) is 5.06. The minimum Gasteiger partial charge on any atom is -0.309 e. The summed E-state index contributed by atoms with van der Waals surface area (Å²) in [5.41, 5.74) is 2.53. The summed E-state index contributed by atoms with van der Waals surface area (Å²) in [6, 6.07) is 8.72. The number of benzene rings is 1. The van der Waals surface area contributed by atoms with E-state index in [1.54, 1.807) is 11.3 Å². The van der Waals surface area contributed by atoms with E-state index in [1.807, 2.05) is 7.05 Å². The first-order valence-electron chi connectivity index (χ1n) is 5.41. The van der Waals surface area contributed by atoms with Crippen molar-refractivity contribution in [1.29, 1.82) is 0 Å². The topological polar surface area (TPSA) is 12.0 Å². The molecule has 18 heavy (non-hydrogen) atoms. The van der Waals surface area contributed by atoms with Gasteiger partial charge in [-0.3, -0.25) is 0 Å². The highest BCUT2D eigenvalue weighted by Crippen LogP contribution is 2.37. The molecule has 0 radical (unpaired) electrons. The van der Waals surface area contributed by atoms with Crippen LogP contribution in [0, 0.1) is 6.92 Å². The Hall–Kier alpha value is 0.320. The van der Waals surface area contributed by atoms with E-state index in [0.717, 1.165) is 8.95 Å². The van der Waals surface area contributed by atoms with Crippen molar-refractivity contribution in [3.8, 4) is 0 Å². The maximum atomic E-state index is 3.63. The minimum atomic E-state index is 0.211. The third kappa shape index (κ3) is 3.07. The second kappa shape index (κ2) is 6.18. The standard InChI is InChI=1S/C13H12Br3NS/c1-7-5-11(18-13(7)16)12(17-2)9-4-3-8(14)6-10(9)15/h3-6,12,17H,1-2H3. The molecule has 1 atom stereocenters. The highest BCUT2D eigenvalue weighted by molar-refractivity contribution is 9.11. The molecule has 2 rings (SSSR count). The van der Waals surface area contributed by atoms with Gasteiger partial charge in [-0.1, -0.05) is 37.9 Å². The molecule has 0 fully saturated rings. The lowest BCUT2D eigenvalue weighted by Gasteiger charge is -2.17. The number of nitrogens with one attached hydrogen (secondary N) is 1. The summed E-state index contributed by atoms with van der Waals surface area (Å²) < 4.78 is 3.39. The van der Waals surface area contributed by atoms with Gasteiger partial charge in [0.1, 0.15) is 0 Å². The monoisotopic (exact) mass is 451 g/mol. The SMILES string of the molecule is CNC(c1cc(C)c(Br)s1)c1ccc(Br)cc1Br. The fourth-order valence-corrected chi connectivity index (χ4v) is 4.79. The van der Waals surface area contributed by atoms with Crippen molar-refractivity contribution >= 4 is 59.1 Å². The van der Waals surface area contributed by atoms with Crippen LogP contribution in [0.25, 0.3) is 0 Å². The van der Waals surface area contributed by atoms with Gasteiger partial charge in [0.25, 0.3) is 0 Å². The van der Waals surface area contributed by atoms with Crippen LogP contribution in [0.2, 0.25) is 0 Å². The summed E-state index contributed by atoms with van der Waals surface area (Å²) in [4.78, 5) is 1.31. The Labute approximate surface area is 136 Å². The Morgan fingerprint density at radius 1 is 1.17 bits per heavy atom. The third-order valence-electron chi connectivity index (χ3n) is 2.72. The van der Waals surface area contributed by atoms with Crippen molar-refractivity contribution in [3.05, 3.63) is 53.0 Å². The summed E-state index contributed by atoms with van der Waals surface area (Å²) in [7, 11) is 1.99. The predicted molar refractivity (Wildman–Crippen MR) is 89.5 cm³/mol. The van der Waals surface area contributed by atoms with Crippen molar-refractivity contribution in [2.75, 3.05) is 7.05 Å². The molecule has 0 aliphatic rings. The average molecular weight is 454 g/mol. The fraction of sp³-hybridized carbons (Fsp3) is 0.231. The van der Waals surface area contributed by atoms with Gasteiger partial charge in [-0.15, -0.1) is 11.3 Å². The molecule has 0 spiro atoms. The first-order valence-corrected chi connectivity index (χ1v) is 8.60. The molecule has 0 aliphatic heterocycles. The lowest BCUT2D eigenvalue weighted by Crippen LogP contribution is -2.16. The molecule has 1 aromatic heterocycles. The largest absolute Gasteiger partial charge is 0.309 e. The first kappa shape index (κ1) is 14.7. The van der Waals surface area contributed by atoms with Gasteiger partial charge >= 0.3 is 0 Å². The zero-order valence-electron chi connectivity index (χ0n) is 9.93. The van der Waals surface area contributed by atoms with Crippen molar-refractivity contribution in [2.24, 2.45) is 0 Å². The molecule has 0 bridgehead atoms. The van der Waals surface area contributed by atoms with E-state index in [2.05, 4.69) is 84.3 Å². The van der Waals surface area contributed by atoms with Gasteiger partial charge in [0.2, 0.25) is 0 Å². The van der Waals surface area contributed by atoms with E-state index in [0.29, 0.717) is 0 Å². The summed E-state index contributed by atoms with van der Waals surface area (Å²) in [6.07, 6.45) is 0. The number of halogens is 3. The number of rotatable bonds is 3. The van der Waals surface area contributed by atoms with Crippen LogP contribution in [-0.4, -0.2) is 7.05 Å². The maximum absolute atomic E-state index is 3.63. The summed E-state index contributed by atoms with van der Waals surface area (Å²) >= 11 is 12.5. The zero-order chi connectivity index (χ0) is 13.3. The van der Waals surface area contributed by atoms with Crippen LogP contribution in [0.4, 0.5) is 0 Å². The molecule has 0 saturated heterocycles. The molecule has 1 heterocycles. The lowest BCUT2D eigenvalue weighted by atomic mass is 10.1. The highest BCUT2D eigenvalue weighted by Gasteiger charge is 2.18. The minimum absolute atomic E-state index is 0.211. The smallest absolute Gasteiger partial charge is 0.0731 e. The van der Waals surface area contributed by atoms with Crippen LogP contribution >= 0.6 is 59.1 Å². The van der Waals surface area contributed by atoms with E-state index < -0.39 is 0 Å². The number of hydrogen-bond acceptors (Lipinski definition) is 2. The summed E-state index contributed by atoms with van der Waals surface area (Å²) in [5.74, 6) is 0. The van der Waals surface area contributed by atoms with E-state index >= 15 is 0 Å². The Morgan fingerprint density at radius 2 is 1.89 bits per heavy atom. The van der Waals surface area contributed by atoms with Gasteiger partial charge in [0, 0.05) is 13.8 Å². The number of hydrogen-bond donors (Lipinski definition) is 1. The quantitative estimate of drug-likeness (QED) is 0.633. The van der Waals surface area contributed by atoms with Crippen LogP contribution in [0.1, 0.15) is 22.0 Å². The van der Waals surface area contributed by atoms with Crippen molar-refractivity contribution in [2.45, 2.75) is 13.0 Å². The predicted octanol–water partition coefficient (Wildman–Crippen LogP) is 5.65. The molecule has 1 nitrogen and oxygen atoms in total. The molecule has 2 aromatic rings. The number of aryl methyl sites for hydroxylation is 1. The van der Waals surface area contributed by atoms with Gasteiger partial charge in [0.05, 0.1) is 9.83 Å². The van der Waals surface area contributed by atoms with E-state index in [9.17, 15) is 0 Å². The number of thiophene rings is 1. The molecule has 1 aromatic carbocycles. The van der Waals surface area contributed by atoms with E-state index in [4.69, 9.17) is 0 Å². The molecule has 1 N–H and O–H groups in total. The highest BCUT2D eigenvalue weighted by atomic mass is 79.9. The van der Waals surface area contributed by atoms with Crippen LogP contribution in [0.3, 0.4) is 0 Å². The van der Waals surface area contributed by atoms with Gasteiger partial charge < -0.3 is 5.32 Å². The average Bonchev–Trinajstić information content (AvgIpc) is 2.63. The lowest BCUT2D eigenvalue weighted by molar-refractivity contribution is 0.700. The fourth-order valence-electron chi connectivity index (χ4n) is 1.81. The first-order chi connectivity index (χ1) is 8.52. The van der Waals surface area contributed by atoms with Crippen LogP contribution in [0.5, 0.6) is 0 Å². The van der Waals surface area contributed by atoms with Crippen molar-refractivity contribution in [1.82, 2.24) is 5.32 Å². The third-order valence-corrected chi connectivity index (χ3v) is 6.10. The normalized spacial score (nSPS) is 12.7. The van der Waals surface area contributed by atoms with E-state index in [-0.39, 0.29) is 6.04 Å². The van der Waals surface area contributed by atoms with E-state index in [1.165, 1.54) is 19.8 Å². The van der Waals surface area contributed by atoms with Crippen LogP contribution < -0.4 is 5.32 Å². The molecule has 96 valence electrons.